The van der Waals surface area contributed by atoms with Gasteiger partial charge >= 0.3 is 5.97 Å². The van der Waals surface area contributed by atoms with E-state index in [2.05, 4.69) is 19.9 Å². The average molecular weight is 659 g/mol. The molecule has 0 radical (unpaired) electrons. The van der Waals surface area contributed by atoms with E-state index in [1.165, 1.54) is 25.7 Å². The molecule has 2 fully saturated rings. The molecule has 9 heteroatoms. The van der Waals surface area contributed by atoms with Crippen molar-refractivity contribution in [1.82, 2.24) is 0 Å². The predicted molar refractivity (Wildman–Crippen MR) is 181 cm³/mol. The number of hydrogen-bond donors (Lipinski definition) is 2. The largest absolute Gasteiger partial charge is 0.506 e. The Bertz CT molecular complexity index is 1800. The maximum absolute atomic E-state index is 14.9. The van der Waals surface area contributed by atoms with E-state index < -0.39 is 51.5 Å². The number of benzene rings is 1. The molecule has 0 amide bonds. The van der Waals surface area contributed by atoms with Crippen LogP contribution in [0, 0.1) is 5.92 Å². The van der Waals surface area contributed by atoms with Gasteiger partial charge in [0.1, 0.15) is 34.0 Å². The Morgan fingerprint density at radius 2 is 1.71 bits per heavy atom. The first-order valence-corrected chi connectivity index (χ1v) is 16.6. The van der Waals surface area contributed by atoms with Crippen LogP contribution >= 0.6 is 0 Å². The first kappa shape index (κ1) is 33.9. The molecule has 7 rings (SSSR count). The van der Waals surface area contributed by atoms with E-state index in [0.717, 1.165) is 12.0 Å². The van der Waals surface area contributed by atoms with Crippen molar-refractivity contribution < 1.29 is 43.5 Å². The van der Waals surface area contributed by atoms with Crippen molar-refractivity contribution in [3.8, 4) is 17.2 Å². The Balaban J connectivity index is 1.63. The van der Waals surface area contributed by atoms with Crippen molar-refractivity contribution in [3.05, 3.63) is 69.4 Å². The molecule has 6 aliphatic rings. The molecule has 3 heterocycles. The van der Waals surface area contributed by atoms with Crippen molar-refractivity contribution in [2.45, 2.75) is 115 Å². The highest BCUT2D eigenvalue weighted by Crippen LogP contribution is 2.70. The highest BCUT2D eigenvalue weighted by Gasteiger charge is 2.84. The van der Waals surface area contributed by atoms with Gasteiger partial charge in [0.25, 0.3) is 0 Å². The quantitative estimate of drug-likeness (QED) is 0.213. The van der Waals surface area contributed by atoms with Crippen molar-refractivity contribution in [3.63, 3.8) is 0 Å². The number of aliphatic carboxylic acids is 1. The highest BCUT2D eigenvalue weighted by atomic mass is 16.6. The molecule has 3 aliphatic heterocycles. The Kier molecular flexibility index (Phi) is 7.80. The molecule has 1 aromatic rings. The van der Waals surface area contributed by atoms with Gasteiger partial charge in [-0.2, -0.15) is 0 Å². The molecule has 1 spiro atoms. The van der Waals surface area contributed by atoms with Crippen LogP contribution in [0.1, 0.15) is 103 Å². The first-order valence-electron chi connectivity index (χ1n) is 16.6. The zero-order valence-electron chi connectivity index (χ0n) is 29.3. The van der Waals surface area contributed by atoms with Crippen LogP contribution in [0.25, 0.3) is 6.08 Å². The summed E-state index contributed by atoms with van der Waals surface area (Å²) in [5, 5.41) is 21.6. The van der Waals surface area contributed by atoms with Gasteiger partial charge in [0.15, 0.2) is 17.0 Å². The molecular weight excluding hydrogens is 612 g/mol. The first-order chi connectivity index (χ1) is 22.4. The average Bonchev–Trinajstić information content (AvgIpc) is 3.16. The topological polar surface area (TPSA) is 129 Å². The predicted octanol–water partition coefficient (Wildman–Crippen LogP) is 7.01. The second kappa shape index (κ2) is 11.0. The molecular formula is C39H46O9. The number of phenolic OH excluding ortho intramolecular Hbond substituents is 1. The molecule has 4 bridgehead atoms. The zero-order chi connectivity index (χ0) is 35.2. The number of hydrogen-bond acceptors (Lipinski definition) is 8. The Morgan fingerprint density at radius 1 is 1.02 bits per heavy atom. The number of rotatable bonds is 9. The fourth-order valence-electron chi connectivity index (χ4n) is 8.38. The van der Waals surface area contributed by atoms with Crippen LogP contribution in [0.4, 0.5) is 0 Å². The molecule has 1 saturated carbocycles. The van der Waals surface area contributed by atoms with Gasteiger partial charge < -0.3 is 29.2 Å². The Morgan fingerprint density at radius 3 is 2.33 bits per heavy atom. The summed E-state index contributed by atoms with van der Waals surface area (Å²) in [5.74, 6) is -2.25. The lowest BCUT2D eigenvalue weighted by Gasteiger charge is -2.59. The maximum Gasteiger partial charge on any atom is 0.330 e. The van der Waals surface area contributed by atoms with Gasteiger partial charge in [-0.05, 0) is 99.3 Å². The summed E-state index contributed by atoms with van der Waals surface area (Å²) in [6.45, 7) is 15.2. The summed E-state index contributed by atoms with van der Waals surface area (Å²) < 4.78 is 26.6. The number of carboxylic acids is 1. The third-order valence-electron chi connectivity index (χ3n) is 10.9. The van der Waals surface area contributed by atoms with E-state index in [4.69, 9.17) is 18.9 Å². The fraction of sp³-hybridized carbons (Fsp3) is 0.513. The second-order valence-electron chi connectivity index (χ2n) is 15.2. The van der Waals surface area contributed by atoms with Gasteiger partial charge in [0.05, 0.1) is 11.2 Å². The summed E-state index contributed by atoms with van der Waals surface area (Å²) in [6.07, 6.45) is 12.8. The van der Waals surface area contributed by atoms with E-state index in [-0.39, 0.29) is 41.1 Å². The number of carbonyl (C=O) groups excluding carboxylic acids is 2. The van der Waals surface area contributed by atoms with E-state index >= 15 is 0 Å². The number of aromatic hydroxyl groups is 1. The van der Waals surface area contributed by atoms with Gasteiger partial charge in [-0.3, -0.25) is 9.59 Å². The third-order valence-corrected chi connectivity index (χ3v) is 10.9. The number of fused-ring (bicyclic) bond motifs is 2. The van der Waals surface area contributed by atoms with Crippen LogP contribution in [0.5, 0.6) is 17.2 Å². The minimum absolute atomic E-state index is 0.0000390. The number of Topliss-reactive ketones (excluding diaryl/α,β-unsaturated/α-hetero) is 2. The maximum atomic E-state index is 14.9. The monoisotopic (exact) mass is 658 g/mol. The van der Waals surface area contributed by atoms with E-state index in [0.29, 0.717) is 29.7 Å². The lowest BCUT2D eigenvalue weighted by atomic mass is 9.49. The molecule has 256 valence electrons. The SMILES string of the molecule is CO[C@]12C=C3C(=O)c4c(O)c5c(c(CC=C(C)C)c4O[C@@]34[C@@H](C1)C(C)(C)O[C@@]4(C/C=C(\C)C(=O)O)C2=O)O[C@](C)(CCC=C(C)C)C=C5. The molecule has 0 aromatic heterocycles. The molecule has 1 aromatic carbocycles. The number of carbonyl (C=O) groups is 3. The number of phenols is 1. The van der Waals surface area contributed by atoms with E-state index in [1.54, 1.807) is 6.08 Å². The van der Waals surface area contributed by atoms with Crippen LogP contribution in [0.2, 0.25) is 0 Å². The minimum Gasteiger partial charge on any atom is -0.506 e. The number of methoxy groups -OCH3 is 1. The molecule has 5 atom stereocenters. The number of allylic oxidation sites excluding steroid dienone is 4. The Labute approximate surface area is 282 Å². The summed E-state index contributed by atoms with van der Waals surface area (Å²) in [4.78, 5) is 41.5. The van der Waals surface area contributed by atoms with Crippen molar-refractivity contribution in [2.75, 3.05) is 7.11 Å². The normalized spacial score (nSPS) is 32.0. The van der Waals surface area contributed by atoms with Gasteiger partial charge in [-0.25, -0.2) is 4.79 Å². The molecule has 9 nitrogen and oxygen atoms in total. The third kappa shape index (κ3) is 4.60. The van der Waals surface area contributed by atoms with Crippen LogP contribution in [-0.2, 0) is 25.5 Å². The highest BCUT2D eigenvalue weighted by molar-refractivity contribution is 6.20. The standard InChI is InChI=1S/C39H46O9/c1-21(2)11-10-16-36(8)17-15-24-29(40)28-30(41)26-19-37(45-9)20-27-35(6,7)48-38(34(37)44,18-14-23(5)33(42)43)39(26,27)47-32(28)25(31(24)46-36)13-12-22(3)4/h11-12,14-15,17,19,27,40H,10,13,16,18,20H2,1-9H3,(H,42,43)/b23-14+/t27-,36+,37+,38-,39+/m0/s1. The molecule has 48 heavy (non-hydrogen) atoms. The summed E-state index contributed by atoms with van der Waals surface area (Å²) in [6, 6.07) is 0. The summed E-state index contributed by atoms with van der Waals surface area (Å²) >= 11 is 0. The molecule has 2 N–H and O–H groups in total. The number of ketones is 2. The van der Waals surface area contributed by atoms with E-state index in [1.807, 2.05) is 52.8 Å². The molecule has 1 saturated heterocycles. The zero-order valence-corrected chi connectivity index (χ0v) is 29.3. The van der Waals surface area contributed by atoms with E-state index in [9.17, 15) is 24.6 Å². The summed E-state index contributed by atoms with van der Waals surface area (Å²) in [5.41, 5.74) is -3.15. The van der Waals surface area contributed by atoms with Gasteiger partial charge in [-0.15, -0.1) is 0 Å². The van der Waals surface area contributed by atoms with Gasteiger partial charge in [0, 0.05) is 36.2 Å². The molecule has 0 unspecified atom stereocenters. The smallest absolute Gasteiger partial charge is 0.330 e. The lowest BCUT2D eigenvalue weighted by molar-refractivity contribution is -0.190. The Hall–Kier alpha value is -3.95. The van der Waals surface area contributed by atoms with Crippen molar-refractivity contribution in [2.24, 2.45) is 5.92 Å². The second-order valence-corrected chi connectivity index (χ2v) is 15.2. The van der Waals surface area contributed by atoms with Gasteiger partial charge in [-0.1, -0.05) is 29.4 Å². The fourth-order valence-corrected chi connectivity index (χ4v) is 8.38. The van der Waals surface area contributed by atoms with Crippen LogP contribution < -0.4 is 9.47 Å². The number of carboxylic acid groups (broad SMARTS) is 1. The van der Waals surface area contributed by atoms with Crippen molar-refractivity contribution >= 4 is 23.6 Å². The van der Waals surface area contributed by atoms with Crippen LogP contribution in [-0.4, -0.2) is 62.9 Å². The number of ether oxygens (including phenoxy) is 4. The van der Waals surface area contributed by atoms with Crippen molar-refractivity contribution in [1.29, 1.82) is 0 Å². The molecule has 3 aliphatic carbocycles. The summed E-state index contributed by atoms with van der Waals surface area (Å²) in [7, 11) is 1.43. The van der Waals surface area contributed by atoms with Crippen LogP contribution in [0.3, 0.4) is 0 Å². The minimum atomic E-state index is -1.79. The van der Waals surface area contributed by atoms with Gasteiger partial charge in [0.2, 0.25) is 5.78 Å². The lowest BCUT2D eigenvalue weighted by Crippen LogP contribution is -2.77. The van der Waals surface area contributed by atoms with Crippen LogP contribution in [0.15, 0.2) is 52.7 Å².